The van der Waals surface area contributed by atoms with Gasteiger partial charge in [-0.05, 0) is 66.2 Å². The van der Waals surface area contributed by atoms with E-state index in [4.69, 9.17) is 9.47 Å². The second-order valence-electron chi connectivity index (χ2n) is 7.69. The highest BCUT2D eigenvalue weighted by molar-refractivity contribution is 6.33. The number of nitrogens with one attached hydrogen (secondary N) is 1. The fourth-order valence-electron chi connectivity index (χ4n) is 3.89. The predicted octanol–water partition coefficient (Wildman–Crippen LogP) is 3.48. The third-order valence-electron chi connectivity index (χ3n) is 5.49. The van der Waals surface area contributed by atoms with E-state index < -0.39 is 18.2 Å². The molecule has 172 valence electrons. The first kappa shape index (κ1) is 21.9. The summed E-state index contributed by atoms with van der Waals surface area (Å²) in [5.74, 6) is 0.327. The maximum Gasteiger partial charge on any atom is 0.337 e. The standard InChI is InChI=1S/C26H18N4O5/c1-34-25(32)17-3-2-4-20(12-17)35-19-9-7-18(8-10-19)30-22-11-15(14-27)5-6-16(22)13-21-23(30)28-26(33)29-24(21)31/h2-13,26,33H,1H3,(H,29,31). The summed E-state index contributed by atoms with van der Waals surface area (Å²) in [4.78, 5) is 30.3. The highest BCUT2D eigenvalue weighted by atomic mass is 16.5. The molecule has 2 aliphatic heterocycles. The van der Waals surface area contributed by atoms with Crippen LogP contribution in [0, 0.1) is 11.3 Å². The molecule has 0 saturated carbocycles. The third-order valence-corrected chi connectivity index (χ3v) is 5.49. The smallest absolute Gasteiger partial charge is 0.337 e. The molecule has 0 spiro atoms. The lowest BCUT2D eigenvalue weighted by Gasteiger charge is -2.35. The van der Waals surface area contributed by atoms with Gasteiger partial charge in [0.15, 0.2) is 0 Å². The summed E-state index contributed by atoms with van der Waals surface area (Å²) >= 11 is 0. The van der Waals surface area contributed by atoms with Gasteiger partial charge >= 0.3 is 5.97 Å². The van der Waals surface area contributed by atoms with Gasteiger partial charge in [0.2, 0.25) is 6.35 Å². The molecule has 0 bridgehead atoms. The fourth-order valence-corrected chi connectivity index (χ4v) is 3.89. The normalized spacial score (nSPS) is 16.1. The Balaban J connectivity index is 1.52. The van der Waals surface area contributed by atoms with E-state index in [2.05, 4.69) is 16.4 Å². The monoisotopic (exact) mass is 466 g/mol. The zero-order valence-electron chi connectivity index (χ0n) is 18.4. The second kappa shape index (κ2) is 8.78. The molecule has 0 saturated heterocycles. The Morgan fingerprint density at radius 1 is 1.11 bits per heavy atom. The number of fused-ring (bicyclic) bond motifs is 2. The number of hydrogen-bond donors (Lipinski definition) is 2. The molecule has 2 heterocycles. The van der Waals surface area contributed by atoms with Gasteiger partial charge < -0.3 is 19.9 Å². The van der Waals surface area contributed by atoms with Crippen LogP contribution in [0.15, 0.2) is 77.3 Å². The number of rotatable bonds is 4. The Kier molecular flexibility index (Phi) is 5.49. The number of aliphatic hydroxyl groups excluding tert-OH is 1. The number of anilines is 2. The highest BCUT2D eigenvalue weighted by Gasteiger charge is 2.34. The average molecular weight is 466 g/mol. The number of aliphatic hydroxyl groups is 1. The summed E-state index contributed by atoms with van der Waals surface area (Å²) in [5, 5.41) is 21.8. The molecule has 35 heavy (non-hydrogen) atoms. The number of nitriles is 1. The number of nitrogens with zero attached hydrogens (tertiary/aromatic N) is 3. The molecule has 0 aromatic heterocycles. The van der Waals surface area contributed by atoms with Crippen LogP contribution in [-0.2, 0) is 9.53 Å². The van der Waals surface area contributed by atoms with Gasteiger partial charge in [0.1, 0.15) is 17.3 Å². The first-order chi connectivity index (χ1) is 17.0. The number of esters is 1. The SMILES string of the molecule is COC(=O)c1cccc(Oc2ccc(N3C4=NC(O)NC(=O)C4=Cc4ccc(C#N)cc43)cc2)c1. The molecule has 1 amide bonds. The second-order valence-corrected chi connectivity index (χ2v) is 7.69. The van der Waals surface area contributed by atoms with Crippen LogP contribution in [-0.4, -0.2) is 36.3 Å². The van der Waals surface area contributed by atoms with Crippen LogP contribution < -0.4 is 15.0 Å². The van der Waals surface area contributed by atoms with Crippen LogP contribution in [0.1, 0.15) is 21.5 Å². The molecule has 5 rings (SSSR count). The van der Waals surface area contributed by atoms with Crippen molar-refractivity contribution in [3.05, 3.63) is 89.0 Å². The lowest BCUT2D eigenvalue weighted by molar-refractivity contribution is -0.120. The summed E-state index contributed by atoms with van der Waals surface area (Å²) in [6.07, 6.45) is 0.293. The predicted molar refractivity (Wildman–Crippen MR) is 127 cm³/mol. The minimum absolute atomic E-state index is 0.267. The molecule has 0 aliphatic carbocycles. The van der Waals surface area contributed by atoms with Crippen LogP contribution in [0.4, 0.5) is 11.4 Å². The molecular formula is C26H18N4O5. The Hall–Kier alpha value is -4.94. The Bertz CT molecular complexity index is 1450. The van der Waals surface area contributed by atoms with Crippen molar-refractivity contribution >= 4 is 35.2 Å². The summed E-state index contributed by atoms with van der Waals surface area (Å²) in [6, 6.07) is 20.9. The van der Waals surface area contributed by atoms with E-state index in [-0.39, 0.29) is 5.84 Å². The quantitative estimate of drug-likeness (QED) is 0.564. The van der Waals surface area contributed by atoms with E-state index in [0.717, 1.165) is 5.56 Å². The van der Waals surface area contributed by atoms with Gasteiger partial charge in [0, 0.05) is 5.69 Å². The molecule has 2 aliphatic rings. The number of amidine groups is 1. The summed E-state index contributed by atoms with van der Waals surface area (Å²) in [6.45, 7) is 0. The number of aliphatic imine (C=N–C) groups is 1. The molecule has 9 nitrogen and oxygen atoms in total. The summed E-state index contributed by atoms with van der Waals surface area (Å²) in [5.41, 5.74) is 3.12. The zero-order chi connectivity index (χ0) is 24.5. The number of benzene rings is 3. The van der Waals surface area contributed by atoms with Crippen LogP contribution in [0.5, 0.6) is 11.5 Å². The Morgan fingerprint density at radius 3 is 2.66 bits per heavy atom. The lowest BCUT2D eigenvalue weighted by Crippen LogP contribution is -2.47. The van der Waals surface area contributed by atoms with Crippen molar-refractivity contribution in [1.29, 1.82) is 5.26 Å². The lowest BCUT2D eigenvalue weighted by atomic mass is 9.97. The molecule has 9 heteroatoms. The molecule has 0 radical (unpaired) electrons. The average Bonchev–Trinajstić information content (AvgIpc) is 2.87. The van der Waals surface area contributed by atoms with Crippen LogP contribution in [0.2, 0.25) is 0 Å². The van der Waals surface area contributed by atoms with Crippen LogP contribution >= 0.6 is 0 Å². The van der Waals surface area contributed by atoms with E-state index in [0.29, 0.717) is 39.6 Å². The van der Waals surface area contributed by atoms with Crippen molar-refractivity contribution in [1.82, 2.24) is 5.32 Å². The minimum atomic E-state index is -1.39. The fraction of sp³-hybridized carbons (Fsp3) is 0.0769. The van der Waals surface area contributed by atoms with Gasteiger partial charge in [-0.15, -0.1) is 0 Å². The van der Waals surface area contributed by atoms with Crippen molar-refractivity contribution in [3.8, 4) is 17.6 Å². The van der Waals surface area contributed by atoms with Gasteiger partial charge in [-0.2, -0.15) is 5.26 Å². The van der Waals surface area contributed by atoms with Crippen molar-refractivity contribution in [2.24, 2.45) is 4.99 Å². The zero-order valence-corrected chi connectivity index (χ0v) is 18.4. The highest BCUT2D eigenvalue weighted by Crippen LogP contribution is 2.38. The number of hydrogen-bond acceptors (Lipinski definition) is 8. The van der Waals surface area contributed by atoms with Crippen LogP contribution in [0.3, 0.4) is 0 Å². The molecule has 1 atom stereocenters. The van der Waals surface area contributed by atoms with E-state index in [1.165, 1.54) is 7.11 Å². The molecule has 3 aromatic rings. The number of carbonyl (C=O) groups is 2. The van der Waals surface area contributed by atoms with Crippen molar-refractivity contribution in [3.63, 3.8) is 0 Å². The van der Waals surface area contributed by atoms with Crippen molar-refractivity contribution in [2.75, 3.05) is 12.0 Å². The van der Waals surface area contributed by atoms with Crippen LogP contribution in [0.25, 0.3) is 6.08 Å². The van der Waals surface area contributed by atoms with Crippen molar-refractivity contribution in [2.45, 2.75) is 6.35 Å². The van der Waals surface area contributed by atoms with Gasteiger partial charge in [0.05, 0.1) is 35.6 Å². The third kappa shape index (κ3) is 4.10. The maximum absolute atomic E-state index is 12.6. The van der Waals surface area contributed by atoms with Gasteiger partial charge in [-0.25, -0.2) is 9.79 Å². The molecule has 3 aromatic carbocycles. The number of ether oxygens (including phenoxy) is 2. The first-order valence-corrected chi connectivity index (χ1v) is 10.6. The molecule has 2 N–H and O–H groups in total. The topological polar surface area (TPSA) is 124 Å². The molecular weight excluding hydrogens is 448 g/mol. The number of carbonyl (C=O) groups excluding carboxylic acids is 2. The van der Waals surface area contributed by atoms with Crippen molar-refractivity contribution < 1.29 is 24.2 Å². The van der Waals surface area contributed by atoms with E-state index in [1.54, 1.807) is 77.7 Å². The number of methoxy groups -OCH3 is 1. The van der Waals surface area contributed by atoms with E-state index in [1.807, 2.05) is 0 Å². The largest absolute Gasteiger partial charge is 0.465 e. The summed E-state index contributed by atoms with van der Waals surface area (Å²) in [7, 11) is 1.31. The van der Waals surface area contributed by atoms with Gasteiger partial charge in [-0.1, -0.05) is 12.1 Å². The minimum Gasteiger partial charge on any atom is -0.465 e. The van der Waals surface area contributed by atoms with E-state index >= 15 is 0 Å². The maximum atomic E-state index is 12.6. The molecule has 0 fully saturated rings. The summed E-state index contributed by atoms with van der Waals surface area (Å²) < 4.78 is 10.6. The number of amides is 1. The first-order valence-electron chi connectivity index (χ1n) is 10.6. The Labute approximate surface area is 200 Å². The van der Waals surface area contributed by atoms with Gasteiger partial charge in [0.25, 0.3) is 5.91 Å². The Morgan fingerprint density at radius 2 is 1.91 bits per heavy atom. The molecule has 1 unspecified atom stereocenters. The van der Waals surface area contributed by atoms with E-state index in [9.17, 15) is 20.0 Å². The van der Waals surface area contributed by atoms with Gasteiger partial charge in [-0.3, -0.25) is 9.69 Å².